The Balaban J connectivity index is 2.22. The first-order valence-electron chi connectivity index (χ1n) is 5.61. The summed E-state index contributed by atoms with van der Waals surface area (Å²) in [4.78, 5) is 11.3. The van der Waals surface area contributed by atoms with Gasteiger partial charge in [0.15, 0.2) is 0 Å². The molecule has 1 rings (SSSR count). The van der Waals surface area contributed by atoms with Gasteiger partial charge in [0.2, 0.25) is 0 Å². The molecule has 0 amide bonds. The second-order valence-electron chi connectivity index (χ2n) is 3.93. The lowest BCUT2D eigenvalue weighted by Crippen LogP contribution is -2.20. The molecule has 1 aromatic carbocycles. The number of hydrogen-bond donors (Lipinski definition) is 1. The van der Waals surface area contributed by atoms with Crippen LogP contribution in [0.25, 0.3) is 0 Å². The van der Waals surface area contributed by atoms with Gasteiger partial charge in [0.1, 0.15) is 12.8 Å². The molecule has 0 aliphatic carbocycles. The first-order valence-corrected chi connectivity index (χ1v) is 5.61. The van der Waals surface area contributed by atoms with Gasteiger partial charge in [-0.25, -0.2) is 4.39 Å². The Morgan fingerprint density at radius 1 is 1.41 bits per heavy atom. The van der Waals surface area contributed by atoms with Crippen LogP contribution >= 0.6 is 0 Å². The van der Waals surface area contributed by atoms with Crippen molar-refractivity contribution in [3.8, 4) is 0 Å². The van der Waals surface area contributed by atoms with Crippen LogP contribution in [0.15, 0.2) is 30.3 Å². The molecule has 0 saturated heterocycles. The molecule has 0 fully saturated rings. The van der Waals surface area contributed by atoms with Crippen LogP contribution in [-0.4, -0.2) is 23.4 Å². The topological polar surface area (TPSA) is 46.5 Å². The van der Waals surface area contributed by atoms with Crippen LogP contribution in [0.1, 0.15) is 25.3 Å². The molecule has 0 aliphatic heterocycles. The third-order valence-corrected chi connectivity index (χ3v) is 2.42. The Bertz CT molecular complexity index is 338. The molecule has 0 aromatic heterocycles. The number of carbonyl (C=O) groups is 1. The first kappa shape index (κ1) is 13.6. The Morgan fingerprint density at radius 2 is 2.06 bits per heavy atom. The van der Waals surface area contributed by atoms with E-state index in [1.54, 1.807) is 0 Å². The highest BCUT2D eigenvalue weighted by molar-refractivity contribution is 5.69. The molecule has 0 aliphatic rings. The Kier molecular flexibility index (Phi) is 5.63. The van der Waals surface area contributed by atoms with Crippen molar-refractivity contribution in [2.45, 2.75) is 38.6 Å². The van der Waals surface area contributed by atoms with Gasteiger partial charge >= 0.3 is 5.97 Å². The molecule has 0 heterocycles. The summed E-state index contributed by atoms with van der Waals surface area (Å²) >= 11 is 0. The summed E-state index contributed by atoms with van der Waals surface area (Å²) in [6.07, 6.45) is -2.30. The molecular weight excluding hydrogens is 223 g/mol. The molecule has 0 saturated carbocycles. The summed E-state index contributed by atoms with van der Waals surface area (Å²) in [7, 11) is 0. The van der Waals surface area contributed by atoms with Crippen molar-refractivity contribution in [2.24, 2.45) is 0 Å². The number of benzene rings is 1. The fourth-order valence-electron chi connectivity index (χ4n) is 1.31. The third-order valence-electron chi connectivity index (χ3n) is 2.42. The van der Waals surface area contributed by atoms with E-state index in [-0.39, 0.29) is 19.4 Å². The minimum Gasteiger partial charge on any atom is -0.461 e. The van der Waals surface area contributed by atoms with Crippen molar-refractivity contribution in [1.82, 2.24) is 0 Å². The van der Waals surface area contributed by atoms with E-state index in [0.717, 1.165) is 5.56 Å². The number of esters is 1. The highest BCUT2D eigenvalue weighted by Crippen LogP contribution is 2.07. The van der Waals surface area contributed by atoms with Gasteiger partial charge in [-0.2, -0.15) is 0 Å². The van der Waals surface area contributed by atoms with Crippen LogP contribution in [0.4, 0.5) is 4.39 Å². The van der Waals surface area contributed by atoms with Crippen molar-refractivity contribution >= 4 is 5.97 Å². The molecule has 2 atom stereocenters. The summed E-state index contributed by atoms with van der Waals surface area (Å²) in [5.41, 5.74) is 0.903. The lowest BCUT2D eigenvalue weighted by atomic mass is 10.1. The monoisotopic (exact) mass is 240 g/mol. The van der Waals surface area contributed by atoms with Gasteiger partial charge in [-0.15, -0.1) is 0 Å². The van der Waals surface area contributed by atoms with Crippen molar-refractivity contribution in [3.63, 3.8) is 0 Å². The highest BCUT2D eigenvalue weighted by Gasteiger charge is 2.15. The molecule has 17 heavy (non-hydrogen) atoms. The van der Waals surface area contributed by atoms with Crippen LogP contribution in [-0.2, 0) is 16.1 Å². The number of hydrogen-bond acceptors (Lipinski definition) is 3. The fourth-order valence-corrected chi connectivity index (χ4v) is 1.31. The van der Waals surface area contributed by atoms with E-state index in [2.05, 4.69) is 0 Å². The predicted octanol–water partition coefficient (Wildman–Crippen LogP) is 2.23. The summed E-state index contributed by atoms with van der Waals surface area (Å²) in [6, 6.07) is 9.30. The number of aliphatic hydroxyl groups is 1. The zero-order chi connectivity index (χ0) is 12.7. The largest absolute Gasteiger partial charge is 0.461 e. The van der Waals surface area contributed by atoms with E-state index in [1.165, 1.54) is 6.92 Å². The van der Waals surface area contributed by atoms with E-state index in [4.69, 9.17) is 4.74 Å². The lowest BCUT2D eigenvalue weighted by Gasteiger charge is -2.10. The quantitative estimate of drug-likeness (QED) is 0.775. The summed E-state index contributed by atoms with van der Waals surface area (Å²) < 4.78 is 17.6. The third kappa shape index (κ3) is 5.45. The van der Waals surface area contributed by atoms with Crippen molar-refractivity contribution in [2.75, 3.05) is 0 Å². The standard InChI is InChI=1S/C13H17FO3/c1-10(14)12(15)7-8-13(16)17-9-11-5-3-2-4-6-11/h2-6,10,12,15H,7-9H2,1H3/t10-,12+/m1/s1. The number of aliphatic hydroxyl groups excluding tert-OH is 1. The van der Waals surface area contributed by atoms with Crippen molar-refractivity contribution in [3.05, 3.63) is 35.9 Å². The zero-order valence-electron chi connectivity index (χ0n) is 9.80. The summed E-state index contributed by atoms with van der Waals surface area (Å²) in [5, 5.41) is 9.18. The second kappa shape index (κ2) is 7.01. The minimum atomic E-state index is -1.32. The molecule has 3 nitrogen and oxygen atoms in total. The van der Waals surface area contributed by atoms with E-state index in [0.29, 0.717) is 0 Å². The first-order chi connectivity index (χ1) is 8.09. The smallest absolute Gasteiger partial charge is 0.306 e. The molecular formula is C13H17FO3. The maximum absolute atomic E-state index is 12.6. The maximum Gasteiger partial charge on any atom is 0.306 e. The molecule has 94 valence electrons. The van der Waals surface area contributed by atoms with Gasteiger partial charge < -0.3 is 9.84 Å². The molecule has 4 heteroatoms. The van der Waals surface area contributed by atoms with Gasteiger partial charge in [-0.3, -0.25) is 4.79 Å². The maximum atomic E-state index is 12.6. The molecule has 0 unspecified atom stereocenters. The Hall–Kier alpha value is -1.42. The molecule has 0 spiro atoms. The number of halogens is 1. The zero-order valence-corrected chi connectivity index (χ0v) is 9.80. The lowest BCUT2D eigenvalue weighted by molar-refractivity contribution is -0.145. The fraction of sp³-hybridized carbons (Fsp3) is 0.462. The molecule has 0 bridgehead atoms. The normalized spacial score (nSPS) is 14.1. The second-order valence-corrected chi connectivity index (χ2v) is 3.93. The van der Waals surface area contributed by atoms with Crippen LogP contribution in [0.2, 0.25) is 0 Å². The number of alkyl halides is 1. The average Bonchev–Trinajstić information content (AvgIpc) is 2.34. The van der Waals surface area contributed by atoms with E-state index >= 15 is 0 Å². The van der Waals surface area contributed by atoms with Crippen LogP contribution in [0.5, 0.6) is 0 Å². The Labute approximate surface area is 100 Å². The van der Waals surface area contributed by atoms with Crippen LogP contribution in [0.3, 0.4) is 0 Å². The van der Waals surface area contributed by atoms with E-state index in [1.807, 2.05) is 30.3 Å². The predicted molar refractivity (Wildman–Crippen MR) is 62.0 cm³/mol. The van der Waals surface area contributed by atoms with E-state index in [9.17, 15) is 14.3 Å². The Morgan fingerprint density at radius 3 is 2.65 bits per heavy atom. The van der Waals surface area contributed by atoms with Gasteiger partial charge in [-0.1, -0.05) is 30.3 Å². The molecule has 1 aromatic rings. The SMILES string of the molecule is C[C@@H](F)[C@@H](O)CCC(=O)OCc1ccccc1. The number of carbonyl (C=O) groups excluding carboxylic acids is 1. The number of rotatable bonds is 6. The van der Waals surface area contributed by atoms with Gasteiger partial charge in [0, 0.05) is 6.42 Å². The molecule has 1 N–H and O–H groups in total. The summed E-state index contributed by atoms with van der Waals surface area (Å²) in [6.45, 7) is 1.47. The van der Waals surface area contributed by atoms with Crippen molar-refractivity contribution in [1.29, 1.82) is 0 Å². The summed E-state index contributed by atoms with van der Waals surface area (Å²) in [5.74, 6) is -0.423. The van der Waals surface area contributed by atoms with Gasteiger partial charge in [0.05, 0.1) is 6.10 Å². The number of ether oxygens (including phenoxy) is 1. The molecule has 0 radical (unpaired) electrons. The van der Waals surface area contributed by atoms with Gasteiger partial charge in [0.25, 0.3) is 0 Å². The minimum absolute atomic E-state index is 0.0300. The van der Waals surface area contributed by atoms with E-state index < -0.39 is 18.2 Å². The van der Waals surface area contributed by atoms with Crippen molar-refractivity contribution < 1.29 is 19.0 Å². The highest BCUT2D eigenvalue weighted by atomic mass is 19.1. The average molecular weight is 240 g/mol. The van der Waals surface area contributed by atoms with Crippen LogP contribution in [0, 0.1) is 0 Å². The van der Waals surface area contributed by atoms with Crippen LogP contribution < -0.4 is 0 Å². The van der Waals surface area contributed by atoms with Gasteiger partial charge in [-0.05, 0) is 18.9 Å².